The van der Waals surface area contributed by atoms with Gasteiger partial charge >= 0.3 is 5.97 Å². The summed E-state index contributed by atoms with van der Waals surface area (Å²) in [6.45, 7) is 2.20. The van der Waals surface area contributed by atoms with Crippen LogP contribution in [-0.2, 0) is 9.84 Å². The number of aromatic carboxylic acids is 1. The number of hydrogen-bond acceptors (Lipinski definition) is 5. The van der Waals surface area contributed by atoms with Gasteiger partial charge in [0, 0.05) is 11.8 Å². The molecule has 138 valence electrons. The molecule has 0 aliphatic heterocycles. The van der Waals surface area contributed by atoms with Crippen LogP contribution in [0.3, 0.4) is 0 Å². The summed E-state index contributed by atoms with van der Waals surface area (Å²) in [7, 11) is -3.86. The Labute approximate surface area is 152 Å². The lowest BCUT2D eigenvalue weighted by molar-refractivity contribution is 0.0695. The molecule has 0 aliphatic rings. The number of unbranched alkanes of at least 4 members (excludes halogenated alkanes) is 1. The maximum absolute atomic E-state index is 13.0. The van der Waals surface area contributed by atoms with Gasteiger partial charge in [-0.05, 0) is 18.6 Å². The fourth-order valence-corrected chi connectivity index (χ4v) is 3.31. The highest BCUT2D eigenvalue weighted by Gasteiger charge is 2.27. The minimum absolute atomic E-state index is 0.0346. The van der Waals surface area contributed by atoms with Gasteiger partial charge in [0.15, 0.2) is 15.6 Å². The van der Waals surface area contributed by atoms with Crippen LogP contribution in [0.15, 0.2) is 47.4 Å². The Morgan fingerprint density at radius 1 is 1.08 bits per heavy atom. The van der Waals surface area contributed by atoms with E-state index in [2.05, 4.69) is 0 Å². The number of ketones is 1. The summed E-state index contributed by atoms with van der Waals surface area (Å²) in [5, 5.41) is 9.28. The quantitative estimate of drug-likeness (QED) is 0.561. The number of carboxylic acids is 1. The molecule has 0 spiro atoms. The van der Waals surface area contributed by atoms with Crippen LogP contribution in [0, 0.1) is 0 Å². The van der Waals surface area contributed by atoms with E-state index in [1.54, 1.807) is 30.3 Å². The Morgan fingerprint density at radius 2 is 1.73 bits per heavy atom. The number of hydrogen-bond donors (Lipinski definition) is 1. The molecule has 7 heteroatoms. The zero-order valence-electron chi connectivity index (χ0n) is 14.6. The van der Waals surface area contributed by atoms with E-state index in [-0.39, 0.29) is 28.4 Å². The minimum atomic E-state index is -3.86. The molecule has 0 atom stereocenters. The third kappa shape index (κ3) is 4.49. The second kappa shape index (κ2) is 8.14. The van der Waals surface area contributed by atoms with Gasteiger partial charge in [-0.3, -0.25) is 4.79 Å². The van der Waals surface area contributed by atoms with Gasteiger partial charge in [-0.15, -0.1) is 0 Å². The van der Waals surface area contributed by atoms with Gasteiger partial charge < -0.3 is 9.84 Å². The van der Waals surface area contributed by atoms with E-state index >= 15 is 0 Å². The first-order valence-electron chi connectivity index (χ1n) is 8.09. The summed E-state index contributed by atoms with van der Waals surface area (Å²) >= 11 is 0. The molecule has 0 saturated carbocycles. The van der Waals surface area contributed by atoms with Gasteiger partial charge in [-0.25, -0.2) is 13.2 Å². The molecule has 0 aliphatic carbocycles. The molecule has 0 saturated heterocycles. The fourth-order valence-electron chi connectivity index (χ4n) is 2.40. The molecule has 0 amide bonds. The van der Waals surface area contributed by atoms with E-state index in [9.17, 15) is 23.1 Å². The molecule has 2 aromatic rings. The van der Waals surface area contributed by atoms with Crippen molar-refractivity contribution in [2.24, 2.45) is 0 Å². The number of carbonyl (C=O) groups is 2. The molecule has 1 N–H and O–H groups in total. The van der Waals surface area contributed by atoms with Crippen molar-refractivity contribution >= 4 is 21.6 Å². The SMILES string of the molecule is CCCCOc1cc(C(=O)O)cc(S(C)(=O)=O)c1C(=O)c1ccccc1. The van der Waals surface area contributed by atoms with Crippen molar-refractivity contribution in [1.82, 2.24) is 0 Å². The molecule has 2 aromatic carbocycles. The summed E-state index contributed by atoms with van der Waals surface area (Å²) in [4.78, 5) is 24.0. The largest absolute Gasteiger partial charge is 0.493 e. The maximum atomic E-state index is 13.0. The van der Waals surface area contributed by atoms with Crippen LogP contribution in [-0.4, -0.2) is 38.1 Å². The molecular formula is C19H20O6S. The van der Waals surface area contributed by atoms with E-state index in [1.165, 1.54) is 6.07 Å². The van der Waals surface area contributed by atoms with E-state index < -0.39 is 21.6 Å². The number of ether oxygens (including phenoxy) is 1. The predicted molar refractivity (Wildman–Crippen MR) is 96.8 cm³/mol. The lowest BCUT2D eigenvalue weighted by Crippen LogP contribution is -2.14. The second-order valence-electron chi connectivity index (χ2n) is 5.82. The molecule has 0 fully saturated rings. The summed E-state index contributed by atoms with van der Waals surface area (Å²) in [5.74, 6) is -1.86. The molecule has 6 nitrogen and oxygen atoms in total. The highest BCUT2D eigenvalue weighted by atomic mass is 32.2. The van der Waals surface area contributed by atoms with E-state index in [0.717, 1.165) is 18.7 Å². The standard InChI is InChI=1S/C19H20O6S/c1-3-4-10-25-15-11-14(19(21)22)12-16(26(2,23)24)17(15)18(20)13-8-6-5-7-9-13/h5-9,11-12H,3-4,10H2,1-2H3,(H,21,22). The summed E-state index contributed by atoms with van der Waals surface area (Å²) in [6.07, 6.45) is 2.45. The number of rotatable bonds is 8. The number of carboxylic acid groups (broad SMARTS) is 1. The smallest absolute Gasteiger partial charge is 0.335 e. The molecule has 0 aromatic heterocycles. The van der Waals surface area contributed by atoms with Gasteiger partial charge in [-0.1, -0.05) is 43.7 Å². The van der Waals surface area contributed by atoms with Crippen LogP contribution < -0.4 is 4.74 Å². The van der Waals surface area contributed by atoms with Crippen LogP contribution in [0.4, 0.5) is 0 Å². The van der Waals surface area contributed by atoms with Crippen molar-refractivity contribution in [3.63, 3.8) is 0 Å². The van der Waals surface area contributed by atoms with Crippen molar-refractivity contribution in [3.05, 3.63) is 59.2 Å². The first kappa shape index (κ1) is 19.7. The molecule has 0 radical (unpaired) electrons. The van der Waals surface area contributed by atoms with E-state index in [4.69, 9.17) is 4.74 Å². The lowest BCUT2D eigenvalue weighted by Gasteiger charge is -2.15. The molecule has 0 heterocycles. The van der Waals surface area contributed by atoms with Crippen LogP contribution in [0.25, 0.3) is 0 Å². The summed E-state index contributed by atoms with van der Waals surface area (Å²) in [6, 6.07) is 10.4. The van der Waals surface area contributed by atoms with Crippen molar-refractivity contribution in [3.8, 4) is 5.75 Å². The van der Waals surface area contributed by atoms with Gasteiger partial charge in [-0.2, -0.15) is 0 Å². The van der Waals surface area contributed by atoms with Gasteiger partial charge in [0.1, 0.15) is 5.75 Å². The minimum Gasteiger partial charge on any atom is -0.493 e. The van der Waals surface area contributed by atoms with Crippen LogP contribution >= 0.6 is 0 Å². The lowest BCUT2D eigenvalue weighted by atomic mass is 10.0. The van der Waals surface area contributed by atoms with Gasteiger partial charge in [0.25, 0.3) is 0 Å². The van der Waals surface area contributed by atoms with E-state index in [1.807, 2.05) is 6.92 Å². The highest BCUT2D eigenvalue weighted by molar-refractivity contribution is 7.90. The topological polar surface area (TPSA) is 97.7 Å². The molecule has 26 heavy (non-hydrogen) atoms. The average Bonchev–Trinajstić information content (AvgIpc) is 2.60. The van der Waals surface area contributed by atoms with Crippen molar-refractivity contribution in [1.29, 1.82) is 0 Å². The third-order valence-electron chi connectivity index (χ3n) is 3.73. The molecule has 2 rings (SSSR count). The van der Waals surface area contributed by atoms with Crippen LogP contribution in [0.1, 0.15) is 46.0 Å². The Hall–Kier alpha value is -2.67. The normalized spacial score (nSPS) is 11.2. The zero-order chi connectivity index (χ0) is 19.3. The van der Waals surface area contributed by atoms with Gasteiger partial charge in [0.05, 0.1) is 22.6 Å². The number of sulfone groups is 1. The fraction of sp³-hybridized carbons (Fsp3) is 0.263. The average molecular weight is 376 g/mol. The monoisotopic (exact) mass is 376 g/mol. The maximum Gasteiger partial charge on any atom is 0.335 e. The van der Waals surface area contributed by atoms with Gasteiger partial charge in [0.2, 0.25) is 0 Å². The number of benzene rings is 2. The van der Waals surface area contributed by atoms with Crippen molar-refractivity contribution in [2.45, 2.75) is 24.7 Å². The third-order valence-corrected chi connectivity index (χ3v) is 4.85. The molecule has 0 unspecified atom stereocenters. The van der Waals surface area contributed by atoms with Crippen LogP contribution in [0.2, 0.25) is 0 Å². The Kier molecular flexibility index (Phi) is 6.15. The predicted octanol–water partition coefficient (Wildman–Crippen LogP) is 3.20. The summed E-state index contributed by atoms with van der Waals surface area (Å²) in [5.41, 5.74) is -0.0952. The van der Waals surface area contributed by atoms with Crippen LogP contribution in [0.5, 0.6) is 5.75 Å². The van der Waals surface area contributed by atoms with E-state index in [0.29, 0.717) is 12.0 Å². The highest BCUT2D eigenvalue weighted by Crippen LogP contribution is 2.31. The first-order valence-corrected chi connectivity index (χ1v) is 9.98. The van der Waals surface area contributed by atoms with Crippen molar-refractivity contribution < 1.29 is 27.9 Å². The second-order valence-corrected chi connectivity index (χ2v) is 7.81. The molecular weight excluding hydrogens is 356 g/mol. The molecule has 0 bridgehead atoms. The Bertz CT molecular complexity index is 917. The number of carbonyl (C=O) groups excluding carboxylic acids is 1. The summed E-state index contributed by atoms with van der Waals surface area (Å²) < 4.78 is 30.1. The first-order chi connectivity index (χ1) is 12.3. The Morgan fingerprint density at radius 3 is 2.27 bits per heavy atom. The Balaban J connectivity index is 2.72. The van der Waals surface area contributed by atoms with Crippen molar-refractivity contribution in [2.75, 3.05) is 12.9 Å². The zero-order valence-corrected chi connectivity index (χ0v) is 15.4.